The van der Waals surface area contributed by atoms with Crippen molar-refractivity contribution >= 4 is 10.9 Å². The van der Waals surface area contributed by atoms with Crippen molar-refractivity contribution in [2.45, 2.75) is 76.8 Å². The Bertz CT molecular complexity index is 834. The van der Waals surface area contributed by atoms with Gasteiger partial charge in [0, 0.05) is 22.6 Å². The number of nitrogens with one attached hydrogen (secondary N) is 2. The first-order valence-corrected chi connectivity index (χ1v) is 11.0. The molecular formula is C24H32N2. The molecule has 26 heavy (non-hydrogen) atoms. The van der Waals surface area contributed by atoms with Crippen LogP contribution in [-0.4, -0.2) is 11.0 Å². The number of H-pyrrole nitrogens is 1. The minimum absolute atomic E-state index is 0.126. The number of rotatable bonds is 2. The van der Waals surface area contributed by atoms with Gasteiger partial charge in [-0.25, -0.2) is 0 Å². The molecule has 0 spiro atoms. The molecule has 1 aromatic carbocycles. The maximum absolute atomic E-state index is 4.28. The molecule has 138 valence electrons. The summed E-state index contributed by atoms with van der Waals surface area (Å²) in [5, 5.41) is 5.75. The van der Waals surface area contributed by atoms with Crippen molar-refractivity contribution < 1.29 is 0 Å². The Kier molecular flexibility index (Phi) is 3.26. The number of aromatic amines is 1. The van der Waals surface area contributed by atoms with Crippen molar-refractivity contribution in [3.05, 3.63) is 35.0 Å². The number of aromatic nitrogens is 1. The van der Waals surface area contributed by atoms with Gasteiger partial charge in [0.15, 0.2) is 0 Å². The minimum Gasteiger partial charge on any atom is -0.357 e. The van der Waals surface area contributed by atoms with E-state index in [0.717, 1.165) is 29.7 Å². The Labute approximate surface area is 157 Å². The lowest BCUT2D eigenvalue weighted by molar-refractivity contribution is -0.0265. The van der Waals surface area contributed by atoms with Gasteiger partial charge in [-0.2, -0.15) is 0 Å². The Morgan fingerprint density at radius 1 is 1.04 bits per heavy atom. The molecule has 4 saturated carbocycles. The molecule has 0 radical (unpaired) electrons. The van der Waals surface area contributed by atoms with Crippen LogP contribution in [0.2, 0.25) is 0 Å². The second kappa shape index (κ2) is 5.38. The molecule has 1 atom stereocenters. The summed E-state index contributed by atoms with van der Waals surface area (Å²) < 4.78 is 0. The zero-order valence-electron chi connectivity index (χ0n) is 16.3. The lowest BCUT2D eigenvalue weighted by Crippen LogP contribution is -2.59. The first-order valence-electron chi connectivity index (χ1n) is 11.0. The SMILES string of the molecule is Cc1ccc2[nH]c3c(c2c1)CCCC3(C)NC1C2CC3CC(C2)CC1C3. The number of benzene rings is 1. The number of hydrogen-bond acceptors (Lipinski definition) is 1. The summed E-state index contributed by atoms with van der Waals surface area (Å²) in [6.45, 7) is 4.70. The molecule has 4 bridgehead atoms. The number of aryl methyl sites for hydroxylation is 2. The molecule has 7 rings (SSSR count). The maximum atomic E-state index is 4.28. The summed E-state index contributed by atoms with van der Waals surface area (Å²) in [6.07, 6.45) is 11.4. The predicted octanol–water partition coefficient (Wildman–Crippen LogP) is 5.44. The Balaban J connectivity index is 1.37. The van der Waals surface area contributed by atoms with Crippen LogP contribution in [0.1, 0.15) is 68.7 Å². The molecular weight excluding hydrogens is 316 g/mol. The molecule has 0 saturated heterocycles. The van der Waals surface area contributed by atoms with Crippen molar-refractivity contribution in [2.75, 3.05) is 0 Å². The van der Waals surface area contributed by atoms with Crippen LogP contribution in [0.3, 0.4) is 0 Å². The third-order valence-electron chi connectivity index (χ3n) is 8.43. The van der Waals surface area contributed by atoms with Gasteiger partial charge in [-0.15, -0.1) is 0 Å². The summed E-state index contributed by atoms with van der Waals surface area (Å²) in [5.41, 5.74) is 5.92. The predicted molar refractivity (Wildman–Crippen MR) is 107 cm³/mol. The van der Waals surface area contributed by atoms with E-state index in [0.29, 0.717) is 0 Å². The van der Waals surface area contributed by atoms with E-state index in [4.69, 9.17) is 0 Å². The van der Waals surface area contributed by atoms with E-state index in [-0.39, 0.29) is 5.54 Å². The van der Waals surface area contributed by atoms with Gasteiger partial charge in [0.25, 0.3) is 0 Å². The average molecular weight is 349 g/mol. The molecule has 2 nitrogen and oxygen atoms in total. The highest BCUT2D eigenvalue weighted by Gasteiger charge is 2.50. The van der Waals surface area contributed by atoms with E-state index in [2.05, 4.69) is 42.3 Å². The van der Waals surface area contributed by atoms with Crippen molar-refractivity contribution in [3.8, 4) is 0 Å². The van der Waals surface area contributed by atoms with Gasteiger partial charge in [-0.1, -0.05) is 11.6 Å². The molecule has 5 aliphatic rings. The van der Waals surface area contributed by atoms with Crippen LogP contribution in [-0.2, 0) is 12.0 Å². The van der Waals surface area contributed by atoms with Crippen LogP contribution in [0, 0.1) is 30.6 Å². The molecule has 2 heteroatoms. The maximum Gasteiger partial charge on any atom is 0.0563 e. The number of hydrogen-bond donors (Lipinski definition) is 2. The van der Waals surface area contributed by atoms with E-state index in [1.165, 1.54) is 67.1 Å². The van der Waals surface area contributed by atoms with Gasteiger partial charge >= 0.3 is 0 Å². The quantitative estimate of drug-likeness (QED) is 0.743. The second-order valence-electron chi connectivity index (χ2n) is 10.3. The van der Waals surface area contributed by atoms with Crippen LogP contribution in [0.25, 0.3) is 10.9 Å². The summed E-state index contributed by atoms with van der Waals surface area (Å²) in [5.74, 6) is 4.00. The Morgan fingerprint density at radius 2 is 1.77 bits per heavy atom. The van der Waals surface area contributed by atoms with Crippen LogP contribution in [0.5, 0.6) is 0 Å². The molecule has 0 aliphatic heterocycles. The number of fused-ring (bicyclic) bond motifs is 3. The molecule has 0 amide bonds. The molecule has 1 unspecified atom stereocenters. The van der Waals surface area contributed by atoms with Crippen LogP contribution < -0.4 is 5.32 Å². The first kappa shape index (κ1) is 15.7. The molecule has 1 heterocycles. The standard InChI is InChI=1S/C24H32N2/c1-14-5-6-21-20(8-14)19-4-3-7-24(2,23(19)25-21)26-22-17-10-15-9-16(12-17)13-18(22)11-15/h5-6,8,15-18,22,25-26H,3-4,7,9-13H2,1-2H3. The average Bonchev–Trinajstić information content (AvgIpc) is 2.97. The fraction of sp³-hybridized carbons (Fsp3) is 0.667. The summed E-state index contributed by atoms with van der Waals surface area (Å²) in [4.78, 5) is 3.84. The van der Waals surface area contributed by atoms with Gasteiger partial charge in [0.1, 0.15) is 0 Å². The van der Waals surface area contributed by atoms with Crippen LogP contribution in [0.4, 0.5) is 0 Å². The van der Waals surface area contributed by atoms with Crippen molar-refractivity contribution in [1.29, 1.82) is 0 Å². The molecule has 5 aliphatic carbocycles. The topological polar surface area (TPSA) is 27.8 Å². The molecule has 4 fully saturated rings. The Hall–Kier alpha value is -1.28. The third-order valence-corrected chi connectivity index (χ3v) is 8.43. The van der Waals surface area contributed by atoms with E-state index in [1.54, 1.807) is 12.0 Å². The lowest BCUT2D eigenvalue weighted by Gasteiger charge is -2.56. The van der Waals surface area contributed by atoms with Crippen molar-refractivity contribution in [2.24, 2.45) is 23.7 Å². The lowest BCUT2D eigenvalue weighted by atomic mass is 9.54. The van der Waals surface area contributed by atoms with Gasteiger partial charge < -0.3 is 10.3 Å². The highest BCUT2D eigenvalue weighted by atomic mass is 15.1. The highest BCUT2D eigenvalue weighted by molar-refractivity contribution is 5.86. The first-order chi connectivity index (χ1) is 12.6. The molecule has 2 N–H and O–H groups in total. The van der Waals surface area contributed by atoms with Crippen molar-refractivity contribution in [1.82, 2.24) is 10.3 Å². The van der Waals surface area contributed by atoms with Crippen LogP contribution >= 0.6 is 0 Å². The van der Waals surface area contributed by atoms with Gasteiger partial charge in [-0.05, 0) is 107 Å². The monoisotopic (exact) mass is 348 g/mol. The Morgan fingerprint density at radius 3 is 2.50 bits per heavy atom. The normalized spacial score (nSPS) is 40.9. The molecule has 1 aromatic heterocycles. The zero-order valence-corrected chi connectivity index (χ0v) is 16.3. The summed E-state index contributed by atoms with van der Waals surface area (Å²) >= 11 is 0. The van der Waals surface area contributed by atoms with E-state index >= 15 is 0 Å². The molecule has 2 aromatic rings. The third kappa shape index (κ3) is 2.21. The van der Waals surface area contributed by atoms with E-state index in [9.17, 15) is 0 Å². The fourth-order valence-electron chi connectivity index (χ4n) is 7.51. The van der Waals surface area contributed by atoms with Gasteiger partial charge in [-0.3, -0.25) is 0 Å². The van der Waals surface area contributed by atoms with Gasteiger partial charge in [0.2, 0.25) is 0 Å². The van der Waals surface area contributed by atoms with E-state index < -0.39 is 0 Å². The van der Waals surface area contributed by atoms with E-state index in [1.807, 2.05) is 0 Å². The van der Waals surface area contributed by atoms with Gasteiger partial charge in [0.05, 0.1) is 5.54 Å². The largest absolute Gasteiger partial charge is 0.357 e. The summed E-state index contributed by atoms with van der Waals surface area (Å²) in [7, 11) is 0. The second-order valence-corrected chi connectivity index (χ2v) is 10.3. The van der Waals surface area contributed by atoms with Crippen LogP contribution in [0.15, 0.2) is 18.2 Å². The summed E-state index contributed by atoms with van der Waals surface area (Å²) in [6, 6.07) is 7.67. The minimum atomic E-state index is 0.126. The zero-order chi connectivity index (χ0) is 17.5. The fourth-order valence-corrected chi connectivity index (χ4v) is 7.51. The highest BCUT2D eigenvalue weighted by Crippen LogP contribution is 2.54. The smallest absolute Gasteiger partial charge is 0.0563 e. The van der Waals surface area contributed by atoms with Crippen molar-refractivity contribution in [3.63, 3.8) is 0 Å².